The smallest absolute Gasteiger partial charge is 0.410 e. The van der Waals surface area contributed by atoms with Crippen LogP contribution in [-0.2, 0) is 4.74 Å². The van der Waals surface area contributed by atoms with Crippen LogP contribution in [-0.4, -0.2) is 40.4 Å². The second kappa shape index (κ2) is 5.98. The molecule has 0 bridgehead atoms. The highest BCUT2D eigenvalue weighted by Crippen LogP contribution is 2.51. The van der Waals surface area contributed by atoms with Gasteiger partial charge in [0.25, 0.3) is 0 Å². The fourth-order valence-corrected chi connectivity index (χ4v) is 3.82. The van der Waals surface area contributed by atoms with Crippen LogP contribution in [0.15, 0.2) is 0 Å². The number of nitrogens with zero attached hydrogens (tertiary/aromatic N) is 2. The lowest BCUT2D eigenvalue weighted by Gasteiger charge is -2.55. The van der Waals surface area contributed by atoms with Gasteiger partial charge in [0.15, 0.2) is 0 Å². The van der Waals surface area contributed by atoms with Crippen LogP contribution in [0.1, 0.15) is 60.3 Å². The van der Waals surface area contributed by atoms with Crippen molar-refractivity contribution in [1.29, 1.82) is 5.26 Å². The Hall–Kier alpha value is -1.28. The van der Waals surface area contributed by atoms with E-state index in [-0.39, 0.29) is 13.1 Å². The van der Waals surface area contributed by atoms with Gasteiger partial charge in [0.1, 0.15) is 11.2 Å². The second-order valence-corrected chi connectivity index (χ2v) is 8.64. The molecule has 1 aliphatic carbocycles. The van der Waals surface area contributed by atoms with Gasteiger partial charge in [0.2, 0.25) is 0 Å². The van der Waals surface area contributed by atoms with Crippen LogP contribution < -0.4 is 0 Å². The maximum absolute atomic E-state index is 12.1. The summed E-state index contributed by atoms with van der Waals surface area (Å²) in [7, 11) is 0. The fourth-order valence-electron chi connectivity index (χ4n) is 3.82. The topological polar surface area (TPSA) is 73.6 Å². The molecule has 1 heterocycles. The summed E-state index contributed by atoms with van der Waals surface area (Å²) in [5, 5.41) is 20.7. The molecule has 0 aromatic carbocycles. The van der Waals surface area contributed by atoms with E-state index in [2.05, 4.69) is 19.9 Å². The first-order valence-corrected chi connectivity index (χ1v) is 8.63. The molecule has 2 fully saturated rings. The van der Waals surface area contributed by atoms with Gasteiger partial charge in [-0.05, 0) is 58.3 Å². The van der Waals surface area contributed by atoms with Crippen molar-refractivity contribution in [2.45, 2.75) is 71.5 Å². The van der Waals surface area contributed by atoms with Gasteiger partial charge in [0.05, 0.1) is 24.6 Å². The molecular weight excluding hydrogens is 292 g/mol. The number of carbonyl (C=O) groups is 1. The van der Waals surface area contributed by atoms with Gasteiger partial charge in [-0.25, -0.2) is 4.79 Å². The number of rotatable bonds is 2. The van der Waals surface area contributed by atoms with Gasteiger partial charge in [-0.1, -0.05) is 13.8 Å². The van der Waals surface area contributed by atoms with Crippen LogP contribution in [0.2, 0.25) is 0 Å². The predicted octanol–water partition coefficient (Wildman–Crippen LogP) is 3.32. The van der Waals surface area contributed by atoms with Crippen LogP contribution in [0.3, 0.4) is 0 Å². The minimum Gasteiger partial charge on any atom is -0.444 e. The van der Waals surface area contributed by atoms with E-state index >= 15 is 0 Å². The molecule has 2 aliphatic rings. The SMILES string of the molecule is CC(C)C1CCC(C#N)(C2(O)CN(C(=O)OC(C)(C)C)C2)CC1. The largest absolute Gasteiger partial charge is 0.444 e. The maximum Gasteiger partial charge on any atom is 0.410 e. The molecule has 0 spiro atoms. The molecule has 1 aliphatic heterocycles. The Kier molecular flexibility index (Phi) is 4.69. The second-order valence-electron chi connectivity index (χ2n) is 8.64. The van der Waals surface area contributed by atoms with Crippen molar-refractivity contribution in [3.8, 4) is 6.07 Å². The Morgan fingerprint density at radius 3 is 2.22 bits per heavy atom. The maximum atomic E-state index is 12.1. The standard InChI is InChI=1S/C18H30N2O3/c1-13(2)14-6-8-17(10-19,9-7-14)18(22)11-20(12-18)15(21)23-16(3,4)5/h13-14,22H,6-9,11-12H2,1-5H3. The summed E-state index contributed by atoms with van der Waals surface area (Å²) in [6.07, 6.45) is 2.96. The quantitative estimate of drug-likeness (QED) is 0.846. The van der Waals surface area contributed by atoms with Crippen LogP contribution in [0, 0.1) is 28.6 Å². The van der Waals surface area contributed by atoms with Gasteiger partial charge in [-0.3, -0.25) is 0 Å². The third-order valence-corrected chi connectivity index (χ3v) is 5.49. The van der Waals surface area contributed by atoms with Crippen molar-refractivity contribution < 1.29 is 14.6 Å². The van der Waals surface area contributed by atoms with Gasteiger partial charge in [-0.15, -0.1) is 0 Å². The molecule has 0 unspecified atom stereocenters. The molecule has 23 heavy (non-hydrogen) atoms. The van der Waals surface area contributed by atoms with Crippen LogP contribution in [0.5, 0.6) is 0 Å². The molecule has 5 heteroatoms. The number of ether oxygens (including phenoxy) is 1. The number of β-amino-alcohol motifs (C(OH)–C–C–N with tert-alkyl or cyclic N) is 1. The van der Waals surface area contributed by atoms with Crippen molar-refractivity contribution in [2.24, 2.45) is 17.3 Å². The Morgan fingerprint density at radius 1 is 1.30 bits per heavy atom. The third kappa shape index (κ3) is 3.47. The number of nitriles is 1. The van der Waals surface area contributed by atoms with E-state index in [0.29, 0.717) is 24.7 Å². The first-order chi connectivity index (χ1) is 10.5. The van der Waals surface area contributed by atoms with Crippen LogP contribution >= 0.6 is 0 Å². The third-order valence-electron chi connectivity index (χ3n) is 5.49. The number of aliphatic hydroxyl groups is 1. The van der Waals surface area contributed by atoms with E-state index < -0.39 is 22.7 Å². The first kappa shape index (κ1) is 18.1. The average Bonchev–Trinajstić information content (AvgIpc) is 2.41. The molecule has 1 saturated carbocycles. The minimum atomic E-state index is -1.10. The molecular formula is C18H30N2O3. The summed E-state index contributed by atoms with van der Waals surface area (Å²) in [6.45, 7) is 10.3. The van der Waals surface area contributed by atoms with Gasteiger partial charge in [0, 0.05) is 0 Å². The molecule has 0 aromatic heterocycles. The number of likely N-dealkylation sites (tertiary alicyclic amines) is 1. The Bertz CT molecular complexity index is 487. The zero-order valence-electron chi connectivity index (χ0n) is 15.1. The van der Waals surface area contributed by atoms with Crippen molar-refractivity contribution in [3.63, 3.8) is 0 Å². The van der Waals surface area contributed by atoms with Crippen molar-refractivity contribution in [3.05, 3.63) is 0 Å². The molecule has 130 valence electrons. The summed E-state index contributed by atoms with van der Waals surface area (Å²) in [6, 6.07) is 2.40. The normalized spacial score (nSPS) is 30.5. The van der Waals surface area contributed by atoms with E-state index in [0.717, 1.165) is 12.8 Å². The van der Waals surface area contributed by atoms with E-state index in [1.54, 1.807) is 0 Å². The summed E-state index contributed by atoms with van der Waals surface area (Å²) in [4.78, 5) is 13.6. The Labute approximate surface area is 139 Å². The van der Waals surface area contributed by atoms with Gasteiger partial charge >= 0.3 is 6.09 Å². The highest BCUT2D eigenvalue weighted by Gasteiger charge is 2.60. The lowest BCUT2D eigenvalue weighted by atomic mass is 9.58. The molecule has 5 nitrogen and oxygen atoms in total. The lowest BCUT2D eigenvalue weighted by Crippen LogP contribution is -2.71. The molecule has 1 saturated heterocycles. The lowest BCUT2D eigenvalue weighted by molar-refractivity contribution is -0.167. The summed E-state index contributed by atoms with van der Waals surface area (Å²) < 4.78 is 5.33. The molecule has 1 N–H and O–H groups in total. The monoisotopic (exact) mass is 322 g/mol. The zero-order valence-corrected chi connectivity index (χ0v) is 15.1. The van der Waals surface area contributed by atoms with Crippen LogP contribution in [0.25, 0.3) is 0 Å². The molecule has 2 rings (SSSR count). The van der Waals surface area contributed by atoms with Crippen molar-refractivity contribution >= 4 is 6.09 Å². The van der Waals surface area contributed by atoms with E-state index in [1.165, 1.54) is 4.90 Å². The van der Waals surface area contributed by atoms with Crippen molar-refractivity contribution in [2.75, 3.05) is 13.1 Å². The number of hydrogen-bond acceptors (Lipinski definition) is 4. The number of carbonyl (C=O) groups excluding carboxylic acids is 1. The molecule has 0 aromatic rings. The molecule has 0 radical (unpaired) electrons. The molecule has 1 amide bonds. The Morgan fingerprint density at radius 2 is 1.83 bits per heavy atom. The summed E-state index contributed by atoms with van der Waals surface area (Å²) in [5.41, 5.74) is -2.37. The fraction of sp³-hybridized carbons (Fsp3) is 0.889. The van der Waals surface area contributed by atoms with Crippen LogP contribution in [0.4, 0.5) is 4.79 Å². The highest BCUT2D eigenvalue weighted by molar-refractivity contribution is 5.70. The minimum absolute atomic E-state index is 0.196. The number of hydrogen-bond donors (Lipinski definition) is 1. The van der Waals surface area contributed by atoms with Gasteiger partial charge in [-0.2, -0.15) is 5.26 Å². The van der Waals surface area contributed by atoms with E-state index in [9.17, 15) is 15.2 Å². The summed E-state index contributed by atoms with van der Waals surface area (Å²) in [5.74, 6) is 1.24. The Balaban J connectivity index is 1.99. The zero-order chi connectivity index (χ0) is 17.5. The van der Waals surface area contributed by atoms with E-state index in [1.807, 2.05) is 20.8 Å². The van der Waals surface area contributed by atoms with Crippen molar-refractivity contribution in [1.82, 2.24) is 4.90 Å². The summed E-state index contributed by atoms with van der Waals surface area (Å²) >= 11 is 0. The number of amides is 1. The average molecular weight is 322 g/mol. The van der Waals surface area contributed by atoms with E-state index in [4.69, 9.17) is 4.74 Å². The predicted molar refractivity (Wildman–Crippen MR) is 87.6 cm³/mol. The highest BCUT2D eigenvalue weighted by atomic mass is 16.6. The van der Waals surface area contributed by atoms with Gasteiger partial charge < -0.3 is 14.7 Å². The first-order valence-electron chi connectivity index (χ1n) is 8.63. The molecule has 0 atom stereocenters.